The lowest BCUT2D eigenvalue weighted by Crippen LogP contribution is -2.29. The average Bonchev–Trinajstić information content (AvgIpc) is 1.87. The average molecular weight is 183 g/mol. The maximum atomic E-state index is 12.4. The summed E-state index contributed by atoms with van der Waals surface area (Å²) >= 11 is 0. The third-order valence-corrected chi connectivity index (χ3v) is 2.83. The molecule has 0 fully saturated rings. The number of nitriles is 1. The molecule has 0 aromatic rings. The summed E-state index contributed by atoms with van der Waals surface area (Å²) in [7, 11) is -4.55. The molecule has 0 heterocycles. The van der Waals surface area contributed by atoms with Crippen LogP contribution in [0.1, 0.15) is 13.3 Å². The molecule has 0 aliphatic heterocycles. The first-order chi connectivity index (χ1) is 4.87. The predicted octanol–water partition coefficient (Wildman–Crippen LogP) is 0.928. The highest BCUT2D eigenvalue weighted by atomic mass is 32.2. The molecule has 6 heteroatoms. The second-order valence-corrected chi connectivity index (χ2v) is 4.02. The van der Waals surface area contributed by atoms with Gasteiger partial charge in [0, 0.05) is 6.42 Å². The first kappa shape index (κ1) is 10.3. The van der Waals surface area contributed by atoms with Crippen molar-refractivity contribution in [3.63, 3.8) is 0 Å². The lowest BCUT2D eigenvalue weighted by molar-refractivity contribution is 0.0883. The highest BCUT2D eigenvalue weighted by Gasteiger charge is 2.42. The van der Waals surface area contributed by atoms with Crippen LogP contribution in [0.5, 0.6) is 0 Å². The lowest BCUT2D eigenvalue weighted by atomic mass is 10.5. The van der Waals surface area contributed by atoms with E-state index in [4.69, 9.17) is 5.26 Å². The van der Waals surface area contributed by atoms with E-state index in [1.54, 1.807) is 0 Å². The molecule has 0 N–H and O–H groups in total. The van der Waals surface area contributed by atoms with Gasteiger partial charge in [-0.3, -0.25) is 0 Å². The molecule has 64 valence electrons. The minimum Gasteiger partial charge on any atom is -0.222 e. The van der Waals surface area contributed by atoms with Crippen molar-refractivity contribution < 1.29 is 17.2 Å². The van der Waals surface area contributed by atoms with Gasteiger partial charge in [0.05, 0.1) is 6.07 Å². The maximum Gasteiger partial charge on any atom is 0.346 e. The van der Waals surface area contributed by atoms with Crippen molar-refractivity contribution in [3.05, 3.63) is 0 Å². The second kappa shape index (κ2) is 3.13. The fourth-order valence-electron chi connectivity index (χ4n) is 0.410. The summed E-state index contributed by atoms with van der Waals surface area (Å²) in [6.07, 6.45) is -0.795. The summed E-state index contributed by atoms with van der Waals surface area (Å²) in [6, 6.07) is 1.18. The number of rotatable bonds is 3. The van der Waals surface area contributed by atoms with Crippen molar-refractivity contribution >= 4 is 9.84 Å². The Hall–Kier alpha value is -0.700. The first-order valence-electron chi connectivity index (χ1n) is 2.84. The first-order valence-corrected chi connectivity index (χ1v) is 4.49. The van der Waals surface area contributed by atoms with Crippen LogP contribution >= 0.6 is 0 Å². The summed E-state index contributed by atoms with van der Waals surface area (Å²) in [5.41, 5.74) is 0. The fraction of sp³-hybridized carbons (Fsp3) is 0.800. The molecule has 0 atom stereocenters. The number of halogens is 2. The maximum absolute atomic E-state index is 12.4. The van der Waals surface area contributed by atoms with Crippen LogP contribution in [0, 0.1) is 11.3 Å². The molecule has 0 aliphatic rings. The molecule has 0 radical (unpaired) electrons. The summed E-state index contributed by atoms with van der Waals surface area (Å²) < 4.78 is 45.8. The van der Waals surface area contributed by atoms with Crippen LogP contribution in [0.2, 0.25) is 0 Å². The zero-order chi connectivity index (χ0) is 9.12. The quantitative estimate of drug-likeness (QED) is 0.653. The van der Waals surface area contributed by atoms with Crippen molar-refractivity contribution in [2.75, 3.05) is 5.75 Å². The summed E-state index contributed by atoms with van der Waals surface area (Å²) in [5.74, 6) is -1.13. The van der Waals surface area contributed by atoms with Gasteiger partial charge in [-0.1, -0.05) is 6.92 Å². The van der Waals surface area contributed by atoms with Gasteiger partial charge >= 0.3 is 5.25 Å². The van der Waals surface area contributed by atoms with Crippen molar-refractivity contribution in [3.8, 4) is 6.07 Å². The molecule has 3 nitrogen and oxygen atoms in total. The molecule has 0 rings (SSSR count). The van der Waals surface area contributed by atoms with Gasteiger partial charge in [0.15, 0.2) is 0 Å². The highest BCUT2D eigenvalue weighted by Crippen LogP contribution is 2.25. The molecule has 0 aromatic carbocycles. The molecule has 0 spiro atoms. The lowest BCUT2D eigenvalue weighted by Gasteiger charge is -2.11. The molecule has 0 aromatic heterocycles. The van der Waals surface area contributed by atoms with Gasteiger partial charge in [-0.15, -0.1) is 0 Å². The highest BCUT2D eigenvalue weighted by molar-refractivity contribution is 7.92. The molecule has 0 amide bonds. The molecular weight excluding hydrogens is 176 g/mol. The van der Waals surface area contributed by atoms with Crippen LogP contribution in [0.3, 0.4) is 0 Å². The van der Waals surface area contributed by atoms with Gasteiger partial charge in [-0.25, -0.2) is 8.42 Å². The van der Waals surface area contributed by atoms with E-state index in [2.05, 4.69) is 0 Å². The SMILES string of the molecule is CCC(F)(F)S(=O)(=O)CC#N. The van der Waals surface area contributed by atoms with Gasteiger partial charge < -0.3 is 0 Å². The van der Waals surface area contributed by atoms with Gasteiger partial charge in [-0.2, -0.15) is 14.0 Å². The Kier molecular flexibility index (Phi) is 2.93. The predicted molar refractivity (Wildman–Crippen MR) is 34.6 cm³/mol. The van der Waals surface area contributed by atoms with Crippen LogP contribution < -0.4 is 0 Å². The number of alkyl halides is 2. The Morgan fingerprint density at radius 1 is 1.55 bits per heavy atom. The number of hydrogen-bond acceptors (Lipinski definition) is 3. The molecule has 0 saturated heterocycles. The Labute approximate surface area is 63.5 Å². The summed E-state index contributed by atoms with van der Waals surface area (Å²) in [6.45, 7) is 1.05. The van der Waals surface area contributed by atoms with E-state index in [0.29, 0.717) is 0 Å². The monoisotopic (exact) mass is 183 g/mol. The minimum atomic E-state index is -4.55. The number of hydrogen-bond donors (Lipinski definition) is 0. The summed E-state index contributed by atoms with van der Waals surface area (Å²) in [5, 5.41) is 4.14. The van der Waals surface area contributed by atoms with Crippen LogP contribution in [-0.4, -0.2) is 19.4 Å². The van der Waals surface area contributed by atoms with Crippen molar-refractivity contribution in [2.45, 2.75) is 18.6 Å². The van der Waals surface area contributed by atoms with E-state index in [1.807, 2.05) is 0 Å². The van der Waals surface area contributed by atoms with Gasteiger partial charge in [0.1, 0.15) is 5.75 Å². The van der Waals surface area contributed by atoms with E-state index in [-0.39, 0.29) is 0 Å². The Balaban J connectivity index is 4.73. The third-order valence-electron chi connectivity index (χ3n) is 1.12. The Morgan fingerprint density at radius 2 is 2.00 bits per heavy atom. The second-order valence-electron chi connectivity index (χ2n) is 1.91. The zero-order valence-corrected chi connectivity index (χ0v) is 6.66. The van der Waals surface area contributed by atoms with Crippen LogP contribution in [0.25, 0.3) is 0 Å². The fourth-order valence-corrected chi connectivity index (χ4v) is 1.23. The van der Waals surface area contributed by atoms with E-state index in [0.717, 1.165) is 6.92 Å². The number of sulfone groups is 1. The van der Waals surface area contributed by atoms with Crippen LogP contribution in [0.4, 0.5) is 8.78 Å². The van der Waals surface area contributed by atoms with Crippen molar-refractivity contribution in [1.82, 2.24) is 0 Å². The molecular formula is C5H7F2NO2S. The van der Waals surface area contributed by atoms with E-state index < -0.39 is 27.3 Å². The van der Waals surface area contributed by atoms with Gasteiger partial charge in [0.25, 0.3) is 0 Å². The molecule has 0 unspecified atom stereocenters. The molecule has 0 aliphatic carbocycles. The molecule has 0 bridgehead atoms. The zero-order valence-electron chi connectivity index (χ0n) is 5.84. The van der Waals surface area contributed by atoms with E-state index in [1.165, 1.54) is 6.07 Å². The van der Waals surface area contributed by atoms with Crippen LogP contribution in [-0.2, 0) is 9.84 Å². The largest absolute Gasteiger partial charge is 0.346 e. The third kappa shape index (κ3) is 2.12. The summed E-state index contributed by atoms with van der Waals surface area (Å²) in [4.78, 5) is 0. The molecule has 11 heavy (non-hydrogen) atoms. The number of nitrogens with zero attached hydrogens (tertiary/aromatic N) is 1. The van der Waals surface area contributed by atoms with E-state index in [9.17, 15) is 17.2 Å². The van der Waals surface area contributed by atoms with E-state index >= 15 is 0 Å². The standard InChI is InChI=1S/C5H7F2NO2S/c1-2-5(6,7)11(9,10)4-3-8/h2,4H2,1H3. The molecule has 0 saturated carbocycles. The smallest absolute Gasteiger partial charge is 0.222 e. The van der Waals surface area contributed by atoms with Crippen molar-refractivity contribution in [1.29, 1.82) is 5.26 Å². The minimum absolute atomic E-state index is 0.795. The topological polar surface area (TPSA) is 57.9 Å². The Morgan fingerprint density at radius 3 is 2.27 bits per heavy atom. The Bertz CT molecular complexity index is 265. The van der Waals surface area contributed by atoms with Crippen LogP contribution in [0.15, 0.2) is 0 Å². The normalized spacial score (nSPS) is 12.5. The van der Waals surface area contributed by atoms with Gasteiger partial charge in [0.2, 0.25) is 9.84 Å². The van der Waals surface area contributed by atoms with Gasteiger partial charge in [-0.05, 0) is 0 Å². The van der Waals surface area contributed by atoms with Crippen molar-refractivity contribution in [2.24, 2.45) is 0 Å².